The predicted octanol–water partition coefficient (Wildman–Crippen LogP) is 1.29. The van der Waals surface area contributed by atoms with Crippen molar-refractivity contribution in [1.82, 2.24) is 10.2 Å². The van der Waals surface area contributed by atoms with Crippen molar-refractivity contribution in [3.8, 4) is 0 Å². The largest absolute Gasteiger partial charge is 0.312 e. The maximum atomic E-state index is 12.4. The molecule has 1 atom stereocenters. The van der Waals surface area contributed by atoms with Crippen LogP contribution in [-0.4, -0.2) is 49.6 Å². The maximum Gasteiger partial charge on any atom is 0.241 e. The molecule has 0 aromatic heterocycles. The SMILES string of the molecule is C[C@@H]1CN(CC(=O)N2CCc3ccccc32)CCN1.Cl. The summed E-state index contributed by atoms with van der Waals surface area (Å²) in [6.45, 7) is 6.44. The minimum atomic E-state index is 0. The van der Waals surface area contributed by atoms with Crippen LogP contribution < -0.4 is 10.2 Å². The highest BCUT2D eigenvalue weighted by Gasteiger charge is 2.26. The summed E-state index contributed by atoms with van der Waals surface area (Å²) in [5.74, 6) is 0.235. The van der Waals surface area contributed by atoms with Crippen molar-refractivity contribution in [3.63, 3.8) is 0 Å². The Morgan fingerprint density at radius 2 is 2.15 bits per heavy atom. The standard InChI is InChI=1S/C15H21N3O.ClH/c1-12-10-17(9-7-16-12)11-15(19)18-8-6-13-4-2-3-5-14(13)18;/h2-5,12,16H,6-11H2,1H3;1H/t12-;/m1./s1. The summed E-state index contributed by atoms with van der Waals surface area (Å²) >= 11 is 0. The molecule has 1 aromatic carbocycles. The first kappa shape index (κ1) is 15.3. The van der Waals surface area contributed by atoms with Crippen LogP contribution >= 0.6 is 12.4 Å². The van der Waals surface area contributed by atoms with Gasteiger partial charge in [-0.15, -0.1) is 12.4 Å². The first-order chi connectivity index (χ1) is 9.24. The van der Waals surface area contributed by atoms with Crippen LogP contribution in [0.5, 0.6) is 0 Å². The second-order valence-corrected chi connectivity index (χ2v) is 5.51. The molecule has 5 heteroatoms. The van der Waals surface area contributed by atoms with Crippen LogP contribution in [0.1, 0.15) is 12.5 Å². The van der Waals surface area contributed by atoms with Crippen LogP contribution in [0.2, 0.25) is 0 Å². The minimum Gasteiger partial charge on any atom is -0.312 e. The molecule has 2 aliphatic heterocycles. The monoisotopic (exact) mass is 295 g/mol. The number of rotatable bonds is 2. The lowest BCUT2D eigenvalue weighted by molar-refractivity contribution is -0.119. The lowest BCUT2D eigenvalue weighted by atomic mass is 10.2. The van der Waals surface area contributed by atoms with E-state index in [1.165, 1.54) is 5.56 Å². The number of amides is 1. The van der Waals surface area contributed by atoms with Crippen molar-refractivity contribution in [2.75, 3.05) is 37.6 Å². The summed E-state index contributed by atoms with van der Waals surface area (Å²) < 4.78 is 0. The molecule has 3 rings (SSSR count). The Hall–Kier alpha value is -1.10. The third kappa shape index (κ3) is 3.14. The van der Waals surface area contributed by atoms with Gasteiger partial charge >= 0.3 is 0 Å². The Bertz CT molecular complexity index is 480. The third-order valence-corrected chi connectivity index (χ3v) is 4.00. The molecular weight excluding hydrogens is 274 g/mol. The average Bonchev–Trinajstić information content (AvgIpc) is 2.82. The van der Waals surface area contributed by atoms with Gasteiger partial charge in [0.1, 0.15) is 0 Å². The number of benzene rings is 1. The summed E-state index contributed by atoms with van der Waals surface area (Å²) in [6, 6.07) is 8.71. The lowest BCUT2D eigenvalue weighted by Gasteiger charge is -2.32. The van der Waals surface area contributed by atoms with E-state index in [4.69, 9.17) is 0 Å². The molecule has 1 N–H and O–H groups in total. The number of halogens is 1. The molecule has 110 valence electrons. The first-order valence-corrected chi connectivity index (χ1v) is 7.08. The molecule has 0 saturated carbocycles. The second kappa shape index (κ2) is 6.57. The zero-order valence-corrected chi connectivity index (χ0v) is 12.7. The number of carbonyl (C=O) groups is 1. The Morgan fingerprint density at radius 3 is 2.95 bits per heavy atom. The summed E-state index contributed by atoms with van der Waals surface area (Å²) in [7, 11) is 0. The fourth-order valence-corrected chi connectivity index (χ4v) is 3.03. The van der Waals surface area contributed by atoms with Crippen LogP contribution in [0.25, 0.3) is 0 Å². The number of fused-ring (bicyclic) bond motifs is 1. The summed E-state index contributed by atoms with van der Waals surface area (Å²) in [4.78, 5) is 16.6. The van der Waals surface area contributed by atoms with Gasteiger partial charge in [0, 0.05) is 37.9 Å². The molecule has 20 heavy (non-hydrogen) atoms. The number of piperazine rings is 1. The van der Waals surface area contributed by atoms with E-state index in [9.17, 15) is 4.79 Å². The molecule has 2 heterocycles. The van der Waals surface area contributed by atoms with Gasteiger partial charge in [-0.05, 0) is 25.0 Å². The molecule has 0 radical (unpaired) electrons. The van der Waals surface area contributed by atoms with Crippen molar-refractivity contribution in [2.24, 2.45) is 0 Å². The maximum absolute atomic E-state index is 12.4. The van der Waals surface area contributed by atoms with Crippen LogP contribution in [0.15, 0.2) is 24.3 Å². The molecule has 1 aromatic rings. The van der Waals surface area contributed by atoms with E-state index in [-0.39, 0.29) is 18.3 Å². The van der Waals surface area contributed by atoms with Gasteiger partial charge in [-0.2, -0.15) is 0 Å². The summed E-state index contributed by atoms with van der Waals surface area (Å²) in [5.41, 5.74) is 2.40. The van der Waals surface area contributed by atoms with Gasteiger partial charge < -0.3 is 10.2 Å². The second-order valence-electron chi connectivity index (χ2n) is 5.51. The van der Waals surface area contributed by atoms with Gasteiger partial charge in [0.25, 0.3) is 0 Å². The quantitative estimate of drug-likeness (QED) is 0.893. The van der Waals surface area contributed by atoms with Crippen LogP contribution in [0.3, 0.4) is 0 Å². The summed E-state index contributed by atoms with van der Waals surface area (Å²) in [6.07, 6.45) is 0.986. The highest BCUT2D eigenvalue weighted by molar-refractivity contribution is 5.96. The molecule has 0 unspecified atom stereocenters. The highest BCUT2D eigenvalue weighted by Crippen LogP contribution is 2.27. The fraction of sp³-hybridized carbons (Fsp3) is 0.533. The highest BCUT2D eigenvalue weighted by atomic mass is 35.5. The number of hydrogen-bond donors (Lipinski definition) is 1. The molecule has 1 amide bonds. The number of nitrogens with zero attached hydrogens (tertiary/aromatic N) is 2. The van der Waals surface area contributed by atoms with Gasteiger partial charge in [-0.3, -0.25) is 9.69 Å². The van der Waals surface area contributed by atoms with Crippen LogP contribution in [0, 0.1) is 0 Å². The number of hydrogen-bond acceptors (Lipinski definition) is 3. The van der Waals surface area contributed by atoms with Crippen molar-refractivity contribution < 1.29 is 4.79 Å². The Morgan fingerprint density at radius 1 is 1.35 bits per heavy atom. The van der Waals surface area contributed by atoms with Gasteiger partial charge in [0.05, 0.1) is 6.54 Å². The normalized spacial score (nSPS) is 22.2. The average molecular weight is 296 g/mol. The van der Waals surface area contributed by atoms with Crippen molar-refractivity contribution in [3.05, 3.63) is 29.8 Å². The van der Waals surface area contributed by atoms with Crippen LogP contribution in [-0.2, 0) is 11.2 Å². The summed E-state index contributed by atoms with van der Waals surface area (Å²) in [5, 5.41) is 3.40. The molecule has 0 spiro atoms. The van der Waals surface area contributed by atoms with Crippen molar-refractivity contribution in [2.45, 2.75) is 19.4 Å². The van der Waals surface area contributed by atoms with Gasteiger partial charge in [-0.1, -0.05) is 18.2 Å². The molecular formula is C15H22ClN3O. The van der Waals surface area contributed by atoms with E-state index in [2.05, 4.69) is 29.3 Å². The van der Waals surface area contributed by atoms with Crippen molar-refractivity contribution >= 4 is 24.0 Å². The minimum absolute atomic E-state index is 0. The molecule has 1 fully saturated rings. The zero-order valence-electron chi connectivity index (χ0n) is 11.8. The smallest absolute Gasteiger partial charge is 0.241 e. The number of anilines is 1. The van der Waals surface area contributed by atoms with E-state index in [0.29, 0.717) is 12.6 Å². The van der Waals surface area contributed by atoms with E-state index >= 15 is 0 Å². The Kier molecular flexibility index (Phi) is 5.02. The topological polar surface area (TPSA) is 35.6 Å². The van der Waals surface area contributed by atoms with Gasteiger partial charge in [-0.25, -0.2) is 0 Å². The first-order valence-electron chi connectivity index (χ1n) is 7.08. The Labute approximate surface area is 126 Å². The van der Waals surface area contributed by atoms with Crippen molar-refractivity contribution in [1.29, 1.82) is 0 Å². The molecule has 1 saturated heterocycles. The number of para-hydroxylation sites is 1. The molecule has 0 aliphatic carbocycles. The van der Waals surface area contributed by atoms with Gasteiger partial charge in [0.2, 0.25) is 5.91 Å². The number of carbonyl (C=O) groups excluding carboxylic acids is 1. The Balaban J connectivity index is 0.00000147. The predicted molar refractivity (Wildman–Crippen MR) is 83.7 cm³/mol. The zero-order chi connectivity index (χ0) is 13.2. The van der Waals surface area contributed by atoms with Gasteiger partial charge in [0.15, 0.2) is 0 Å². The van der Waals surface area contributed by atoms with E-state index in [1.807, 2.05) is 17.0 Å². The van der Waals surface area contributed by atoms with E-state index in [0.717, 1.165) is 38.3 Å². The fourth-order valence-electron chi connectivity index (χ4n) is 3.03. The molecule has 0 bridgehead atoms. The molecule has 2 aliphatic rings. The number of nitrogens with one attached hydrogen (secondary N) is 1. The molecule has 4 nitrogen and oxygen atoms in total. The van der Waals surface area contributed by atoms with E-state index in [1.54, 1.807) is 0 Å². The third-order valence-electron chi connectivity index (χ3n) is 4.00. The van der Waals surface area contributed by atoms with E-state index < -0.39 is 0 Å². The van der Waals surface area contributed by atoms with Crippen LogP contribution in [0.4, 0.5) is 5.69 Å². The lowest BCUT2D eigenvalue weighted by Crippen LogP contribution is -2.52.